The SMILES string of the molecule is C=CC=CC(Cl)c1ccc(N(C)C)cc1. The highest BCUT2D eigenvalue weighted by Crippen LogP contribution is 2.23. The number of nitrogens with zero attached hydrogens (tertiary/aromatic N) is 1. The second-order valence-electron chi connectivity index (χ2n) is 3.51. The Morgan fingerprint density at radius 3 is 2.33 bits per heavy atom. The zero-order valence-corrected chi connectivity index (χ0v) is 9.91. The lowest BCUT2D eigenvalue weighted by molar-refractivity contribution is 1.12. The Balaban J connectivity index is 2.79. The van der Waals surface area contributed by atoms with Crippen molar-refractivity contribution < 1.29 is 0 Å². The molecule has 0 aliphatic carbocycles. The number of hydrogen-bond donors (Lipinski definition) is 0. The molecular formula is C13H16ClN. The maximum Gasteiger partial charge on any atom is 0.0769 e. The number of rotatable bonds is 4. The van der Waals surface area contributed by atoms with Crippen LogP contribution in [0.3, 0.4) is 0 Å². The molecule has 1 aromatic rings. The number of benzene rings is 1. The van der Waals surface area contributed by atoms with Crippen LogP contribution in [0.15, 0.2) is 49.1 Å². The van der Waals surface area contributed by atoms with Gasteiger partial charge in [0.2, 0.25) is 0 Å². The maximum atomic E-state index is 6.17. The van der Waals surface area contributed by atoms with Crippen LogP contribution in [0.1, 0.15) is 10.9 Å². The van der Waals surface area contributed by atoms with Crippen LogP contribution in [0, 0.1) is 0 Å². The van der Waals surface area contributed by atoms with Gasteiger partial charge in [0.05, 0.1) is 5.38 Å². The third-order valence-corrected chi connectivity index (χ3v) is 2.54. The van der Waals surface area contributed by atoms with Crippen molar-refractivity contribution in [2.45, 2.75) is 5.38 Å². The molecule has 0 saturated heterocycles. The summed E-state index contributed by atoms with van der Waals surface area (Å²) in [5.74, 6) is 0. The van der Waals surface area contributed by atoms with Gasteiger partial charge in [-0.2, -0.15) is 0 Å². The second-order valence-corrected chi connectivity index (χ2v) is 3.98. The Morgan fingerprint density at radius 1 is 1.27 bits per heavy atom. The van der Waals surface area contributed by atoms with Gasteiger partial charge < -0.3 is 4.90 Å². The summed E-state index contributed by atoms with van der Waals surface area (Å²) in [4.78, 5) is 2.06. The minimum Gasteiger partial charge on any atom is -0.378 e. The fourth-order valence-corrected chi connectivity index (χ4v) is 1.47. The maximum absolute atomic E-state index is 6.17. The van der Waals surface area contributed by atoms with Crippen LogP contribution in [-0.4, -0.2) is 14.1 Å². The lowest BCUT2D eigenvalue weighted by Crippen LogP contribution is -2.08. The van der Waals surface area contributed by atoms with E-state index in [1.807, 2.05) is 38.4 Å². The number of anilines is 1. The highest BCUT2D eigenvalue weighted by Gasteiger charge is 2.03. The molecule has 0 saturated carbocycles. The van der Waals surface area contributed by atoms with Gasteiger partial charge >= 0.3 is 0 Å². The second kappa shape index (κ2) is 5.62. The third kappa shape index (κ3) is 3.45. The van der Waals surface area contributed by atoms with E-state index < -0.39 is 0 Å². The van der Waals surface area contributed by atoms with Gasteiger partial charge in [-0.05, 0) is 17.7 Å². The van der Waals surface area contributed by atoms with Gasteiger partial charge in [0.25, 0.3) is 0 Å². The molecule has 0 bridgehead atoms. The molecule has 0 N–H and O–H groups in total. The number of halogens is 1. The summed E-state index contributed by atoms with van der Waals surface area (Å²) in [6, 6.07) is 8.21. The Morgan fingerprint density at radius 2 is 1.87 bits per heavy atom. The van der Waals surface area contributed by atoms with E-state index >= 15 is 0 Å². The molecule has 1 rings (SSSR count). The Kier molecular flexibility index (Phi) is 4.44. The van der Waals surface area contributed by atoms with Gasteiger partial charge in [0, 0.05) is 19.8 Å². The van der Waals surface area contributed by atoms with Crippen LogP contribution in [0.25, 0.3) is 0 Å². The Hall–Kier alpha value is -1.21. The molecule has 0 spiro atoms. The summed E-state index contributed by atoms with van der Waals surface area (Å²) in [5, 5.41) is -0.0841. The van der Waals surface area contributed by atoms with E-state index in [0.717, 1.165) is 5.56 Å². The van der Waals surface area contributed by atoms with E-state index in [1.54, 1.807) is 6.08 Å². The molecule has 2 heteroatoms. The van der Waals surface area contributed by atoms with Crippen LogP contribution < -0.4 is 4.90 Å². The molecule has 0 aliphatic heterocycles. The van der Waals surface area contributed by atoms with Crippen LogP contribution in [0.4, 0.5) is 5.69 Å². The van der Waals surface area contributed by atoms with Crippen molar-refractivity contribution >= 4 is 17.3 Å². The quantitative estimate of drug-likeness (QED) is 0.553. The van der Waals surface area contributed by atoms with Gasteiger partial charge in [-0.3, -0.25) is 0 Å². The van der Waals surface area contributed by atoms with Crippen LogP contribution in [-0.2, 0) is 0 Å². The first-order valence-corrected chi connectivity index (χ1v) is 5.29. The van der Waals surface area contributed by atoms with E-state index in [0.29, 0.717) is 0 Å². The average molecular weight is 222 g/mol. The zero-order valence-electron chi connectivity index (χ0n) is 9.15. The first-order valence-electron chi connectivity index (χ1n) is 4.85. The van der Waals surface area contributed by atoms with E-state index in [-0.39, 0.29) is 5.38 Å². The predicted molar refractivity (Wildman–Crippen MR) is 68.7 cm³/mol. The topological polar surface area (TPSA) is 3.24 Å². The van der Waals surface area contributed by atoms with Crippen molar-refractivity contribution in [3.63, 3.8) is 0 Å². The molecule has 0 aromatic heterocycles. The molecule has 0 fully saturated rings. The molecule has 1 aromatic carbocycles. The summed E-state index contributed by atoms with van der Waals surface area (Å²) in [6.45, 7) is 3.61. The van der Waals surface area contributed by atoms with E-state index in [1.165, 1.54) is 5.69 Å². The smallest absolute Gasteiger partial charge is 0.0769 e. The fraction of sp³-hybridized carbons (Fsp3) is 0.231. The lowest BCUT2D eigenvalue weighted by atomic mass is 10.1. The summed E-state index contributed by atoms with van der Waals surface area (Å²) in [6.07, 6.45) is 5.50. The van der Waals surface area contributed by atoms with Crippen molar-refractivity contribution in [1.29, 1.82) is 0 Å². The van der Waals surface area contributed by atoms with E-state index in [9.17, 15) is 0 Å². The summed E-state index contributed by atoms with van der Waals surface area (Å²) < 4.78 is 0. The number of alkyl halides is 1. The van der Waals surface area contributed by atoms with E-state index in [2.05, 4.69) is 23.6 Å². The van der Waals surface area contributed by atoms with Crippen molar-refractivity contribution in [2.75, 3.05) is 19.0 Å². The largest absolute Gasteiger partial charge is 0.378 e. The molecule has 15 heavy (non-hydrogen) atoms. The highest BCUT2D eigenvalue weighted by atomic mass is 35.5. The van der Waals surface area contributed by atoms with Gasteiger partial charge in [-0.1, -0.05) is 36.9 Å². The summed E-state index contributed by atoms with van der Waals surface area (Å²) in [5.41, 5.74) is 2.27. The fourth-order valence-electron chi connectivity index (χ4n) is 1.24. The van der Waals surface area contributed by atoms with Crippen LogP contribution >= 0.6 is 11.6 Å². The normalized spacial score (nSPS) is 12.7. The standard InChI is InChI=1S/C13H16ClN/c1-4-5-6-13(14)11-7-9-12(10-8-11)15(2)3/h4-10,13H,1H2,2-3H3. The predicted octanol–water partition coefficient (Wildman–Crippen LogP) is 3.77. The molecule has 80 valence electrons. The van der Waals surface area contributed by atoms with Gasteiger partial charge in [-0.15, -0.1) is 11.6 Å². The Labute approximate surface area is 96.7 Å². The summed E-state index contributed by atoms with van der Waals surface area (Å²) >= 11 is 6.17. The molecule has 0 aliphatic rings. The van der Waals surface area contributed by atoms with Gasteiger partial charge in [-0.25, -0.2) is 0 Å². The Bertz CT molecular complexity index is 338. The van der Waals surface area contributed by atoms with Crippen molar-refractivity contribution in [1.82, 2.24) is 0 Å². The molecule has 1 atom stereocenters. The highest BCUT2D eigenvalue weighted by molar-refractivity contribution is 6.22. The molecule has 1 nitrogen and oxygen atoms in total. The van der Waals surface area contributed by atoms with E-state index in [4.69, 9.17) is 11.6 Å². The summed E-state index contributed by atoms with van der Waals surface area (Å²) in [7, 11) is 4.04. The van der Waals surface area contributed by atoms with Gasteiger partial charge in [0.15, 0.2) is 0 Å². The van der Waals surface area contributed by atoms with Crippen molar-refractivity contribution in [3.05, 3.63) is 54.6 Å². The number of hydrogen-bond acceptors (Lipinski definition) is 1. The minimum atomic E-state index is -0.0841. The monoisotopic (exact) mass is 221 g/mol. The number of allylic oxidation sites excluding steroid dienone is 3. The van der Waals surface area contributed by atoms with Crippen molar-refractivity contribution in [3.8, 4) is 0 Å². The molecule has 0 radical (unpaired) electrons. The van der Waals surface area contributed by atoms with Crippen molar-refractivity contribution in [2.24, 2.45) is 0 Å². The molecule has 0 amide bonds. The van der Waals surface area contributed by atoms with Gasteiger partial charge in [0.1, 0.15) is 0 Å². The lowest BCUT2D eigenvalue weighted by Gasteiger charge is -2.13. The first kappa shape index (κ1) is 11.9. The molecular weight excluding hydrogens is 206 g/mol. The van der Waals surface area contributed by atoms with Crippen LogP contribution in [0.2, 0.25) is 0 Å². The zero-order chi connectivity index (χ0) is 11.3. The van der Waals surface area contributed by atoms with Crippen LogP contribution in [0.5, 0.6) is 0 Å². The molecule has 0 heterocycles. The average Bonchev–Trinajstić information content (AvgIpc) is 2.26. The first-order chi connectivity index (χ1) is 7.15. The third-order valence-electron chi connectivity index (χ3n) is 2.14. The molecule has 1 unspecified atom stereocenters. The minimum absolute atomic E-state index is 0.0841.